The van der Waals surface area contributed by atoms with Crippen LogP contribution in [0.25, 0.3) is 16.9 Å². The number of carbonyl (C=O) groups excluding carboxylic acids is 2. The third-order valence-corrected chi connectivity index (χ3v) is 5.75. The molecule has 11 heteroatoms. The van der Waals surface area contributed by atoms with E-state index in [1.165, 1.54) is 18.9 Å². The second kappa shape index (κ2) is 10.2. The summed E-state index contributed by atoms with van der Waals surface area (Å²) in [4.78, 5) is 23.9. The van der Waals surface area contributed by atoms with Gasteiger partial charge in [-0.25, -0.2) is 4.79 Å². The number of benzene rings is 2. The van der Waals surface area contributed by atoms with Crippen LogP contribution in [-0.2, 0) is 9.53 Å². The minimum absolute atomic E-state index is 0.0990. The molecule has 0 spiro atoms. The first-order valence-electron chi connectivity index (χ1n) is 10.1. The largest absolute Gasteiger partial charge is 0.493 e. The van der Waals surface area contributed by atoms with E-state index in [1.54, 1.807) is 49.1 Å². The van der Waals surface area contributed by atoms with E-state index < -0.39 is 5.97 Å². The molecular formula is C23H21N5O5S. The number of nitrogens with one attached hydrogen (secondary N) is 1. The molecule has 2 aromatic heterocycles. The highest BCUT2D eigenvalue weighted by molar-refractivity contribution is 7.99. The van der Waals surface area contributed by atoms with Crippen LogP contribution in [-0.4, -0.2) is 58.8 Å². The van der Waals surface area contributed by atoms with Crippen LogP contribution in [0.4, 0.5) is 5.69 Å². The molecule has 2 heterocycles. The predicted octanol–water partition coefficient (Wildman–Crippen LogP) is 3.33. The van der Waals surface area contributed by atoms with Gasteiger partial charge in [-0.05, 0) is 54.6 Å². The molecule has 0 saturated carbocycles. The minimum Gasteiger partial charge on any atom is -0.493 e. The van der Waals surface area contributed by atoms with E-state index in [9.17, 15) is 9.59 Å². The van der Waals surface area contributed by atoms with Gasteiger partial charge < -0.3 is 19.5 Å². The molecule has 0 radical (unpaired) electrons. The molecular weight excluding hydrogens is 458 g/mol. The fourth-order valence-corrected chi connectivity index (χ4v) is 3.83. The average molecular weight is 480 g/mol. The average Bonchev–Trinajstić information content (AvgIpc) is 3.29. The lowest BCUT2D eigenvalue weighted by Crippen LogP contribution is -2.14. The summed E-state index contributed by atoms with van der Waals surface area (Å²) in [5.41, 5.74) is 3.05. The van der Waals surface area contributed by atoms with Gasteiger partial charge in [-0.1, -0.05) is 11.8 Å². The number of rotatable bonds is 8. The smallest absolute Gasteiger partial charge is 0.337 e. The molecule has 0 saturated heterocycles. The van der Waals surface area contributed by atoms with Crippen LogP contribution in [0, 0.1) is 0 Å². The van der Waals surface area contributed by atoms with Crippen molar-refractivity contribution in [2.45, 2.75) is 5.16 Å². The first-order valence-corrected chi connectivity index (χ1v) is 11.1. The summed E-state index contributed by atoms with van der Waals surface area (Å²) in [6.45, 7) is 0. The third kappa shape index (κ3) is 4.94. The number of esters is 1. The summed E-state index contributed by atoms with van der Waals surface area (Å²) >= 11 is 1.21. The van der Waals surface area contributed by atoms with E-state index in [0.29, 0.717) is 39.2 Å². The number of aromatic nitrogens is 4. The Hall–Kier alpha value is -4.12. The molecule has 0 bridgehead atoms. The van der Waals surface area contributed by atoms with Gasteiger partial charge in [0.05, 0.1) is 38.3 Å². The van der Waals surface area contributed by atoms with Crippen molar-refractivity contribution in [2.75, 3.05) is 32.4 Å². The summed E-state index contributed by atoms with van der Waals surface area (Å²) in [7, 11) is 4.47. The molecule has 0 fully saturated rings. The molecule has 10 nitrogen and oxygen atoms in total. The number of amides is 1. The Bertz CT molecular complexity index is 1340. The molecule has 1 amide bonds. The number of fused-ring (bicyclic) bond motifs is 1. The second-order valence-corrected chi connectivity index (χ2v) is 7.89. The summed E-state index contributed by atoms with van der Waals surface area (Å²) in [5.74, 6) is 0.646. The minimum atomic E-state index is -0.438. The highest BCUT2D eigenvalue weighted by Crippen LogP contribution is 2.31. The summed E-state index contributed by atoms with van der Waals surface area (Å²) in [6.07, 6.45) is 0. The van der Waals surface area contributed by atoms with Crippen LogP contribution in [0.1, 0.15) is 10.4 Å². The lowest BCUT2D eigenvalue weighted by atomic mass is 10.1. The van der Waals surface area contributed by atoms with Gasteiger partial charge in [-0.3, -0.25) is 4.79 Å². The molecule has 0 aliphatic carbocycles. The molecule has 0 atom stereocenters. The monoisotopic (exact) mass is 479 g/mol. The lowest BCUT2D eigenvalue weighted by Gasteiger charge is -2.09. The Morgan fingerprint density at radius 2 is 1.71 bits per heavy atom. The lowest BCUT2D eigenvalue weighted by molar-refractivity contribution is -0.113. The maximum absolute atomic E-state index is 12.4. The zero-order chi connectivity index (χ0) is 24.1. The van der Waals surface area contributed by atoms with Gasteiger partial charge in [0.25, 0.3) is 0 Å². The van der Waals surface area contributed by atoms with Crippen molar-refractivity contribution in [1.82, 2.24) is 19.8 Å². The van der Waals surface area contributed by atoms with E-state index in [-0.39, 0.29) is 11.7 Å². The number of hydrogen-bond acceptors (Lipinski definition) is 9. The number of thioether (sulfide) groups is 1. The fraction of sp³-hybridized carbons (Fsp3) is 0.174. The van der Waals surface area contributed by atoms with Crippen LogP contribution in [0.15, 0.2) is 59.8 Å². The van der Waals surface area contributed by atoms with E-state index in [1.807, 2.05) is 24.3 Å². The van der Waals surface area contributed by atoms with Crippen molar-refractivity contribution in [2.24, 2.45) is 0 Å². The highest BCUT2D eigenvalue weighted by Gasteiger charge is 2.14. The molecule has 2 aromatic carbocycles. The summed E-state index contributed by atoms with van der Waals surface area (Å²) in [6, 6.07) is 15.6. The number of anilines is 1. The van der Waals surface area contributed by atoms with E-state index >= 15 is 0 Å². The molecule has 0 unspecified atom stereocenters. The maximum Gasteiger partial charge on any atom is 0.337 e. The maximum atomic E-state index is 12.4. The van der Waals surface area contributed by atoms with Gasteiger partial charge in [-0.2, -0.15) is 9.61 Å². The molecule has 174 valence electrons. The molecule has 1 N–H and O–H groups in total. The zero-order valence-electron chi connectivity index (χ0n) is 18.6. The molecule has 34 heavy (non-hydrogen) atoms. The number of ether oxygens (including phenoxy) is 3. The predicted molar refractivity (Wildman–Crippen MR) is 126 cm³/mol. The van der Waals surface area contributed by atoms with E-state index in [2.05, 4.69) is 25.3 Å². The molecule has 0 aliphatic rings. The van der Waals surface area contributed by atoms with Crippen LogP contribution in [0.5, 0.6) is 11.5 Å². The summed E-state index contributed by atoms with van der Waals surface area (Å²) < 4.78 is 16.9. The quantitative estimate of drug-likeness (QED) is 0.300. The van der Waals surface area contributed by atoms with Crippen LogP contribution in [0.3, 0.4) is 0 Å². The number of nitrogens with zero attached hydrogens (tertiary/aromatic N) is 4. The van der Waals surface area contributed by atoms with Gasteiger partial charge >= 0.3 is 5.97 Å². The molecule has 4 aromatic rings. The Morgan fingerprint density at radius 1 is 0.941 bits per heavy atom. The third-order valence-electron chi connectivity index (χ3n) is 4.84. The first-order chi connectivity index (χ1) is 16.5. The Labute approximate surface area is 199 Å². The molecule has 0 aliphatic heterocycles. The van der Waals surface area contributed by atoms with Crippen molar-refractivity contribution < 1.29 is 23.8 Å². The second-order valence-electron chi connectivity index (χ2n) is 6.95. The van der Waals surface area contributed by atoms with Crippen molar-refractivity contribution >= 4 is 35.0 Å². The standard InChI is InChI=1S/C23H21N5O5S/c1-31-18-10-6-15(12-19(18)32-2)17-9-11-20-25-26-23(28(20)27-17)34-13-21(29)24-16-7-4-14(5-8-16)22(30)33-3/h4-12H,13H2,1-3H3,(H,24,29). The van der Waals surface area contributed by atoms with Crippen molar-refractivity contribution in [3.63, 3.8) is 0 Å². The topological polar surface area (TPSA) is 117 Å². The first kappa shape index (κ1) is 23.1. The zero-order valence-corrected chi connectivity index (χ0v) is 19.5. The Kier molecular flexibility index (Phi) is 6.93. The van der Waals surface area contributed by atoms with Crippen molar-refractivity contribution in [3.05, 3.63) is 60.2 Å². The van der Waals surface area contributed by atoms with Gasteiger partial charge in [0, 0.05) is 11.3 Å². The number of methoxy groups -OCH3 is 3. The Morgan fingerprint density at radius 3 is 2.41 bits per heavy atom. The van der Waals surface area contributed by atoms with E-state index in [0.717, 1.165) is 5.56 Å². The number of hydrogen-bond donors (Lipinski definition) is 1. The van der Waals surface area contributed by atoms with Gasteiger partial charge in [0.15, 0.2) is 17.1 Å². The highest BCUT2D eigenvalue weighted by atomic mass is 32.2. The fourth-order valence-electron chi connectivity index (χ4n) is 3.14. The van der Waals surface area contributed by atoms with Gasteiger partial charge in [-0.15, -0.1) is 10.2 Å². The normalized spacial score (nSPS) is 10.7. The Balaban J connectivity index is 1.46. The van der Waals surface area contributed by atoms with Crippen LogP contribution < -0.4 is 14.8 Å². The van der Waals surface area contributed by atoms with Gasteiger partial charge in [0.1, 0.15) is 0 Å². The number of carbonyl (C=O) groups is 2. The summed E-state index contributed by atoms with van der Waals surface area (Å²) in [5, 5.41) is 16.2. The van der Waals surface area contributed by atoms with Gasteiger partial charge in [0.2, 0.25) is 11.1 Å². The van der Waals surface area contributed by atoms with Crippen LogP contribution in [0.2, 0.25) is 0 Å². The van der Waals surface area contributed by atoms with Crippen LogP contribution >= 0.6 is 11.8 Å². The van der Waals surface area contributed by atoms with Crippen molar-refractivity contribution in [3.8, 4) is 22.8 Å². The SMILES string of the molecule is COC(=O)c1ccc(NC(=O)CSc2nnc3ccc(-c4ccc(OC)c(OC)c4)nn23)cc1. The van der Waals surface area contributed by atoms with E-state index in [4.69, 9.17) is 9.47 Å². The molecule has 4 rings (SSSR count). The van der Waals surface area contributed by atoms with Crippen molar-refractivity contribution in [1.29, 1.82) is 0 Å².